The SMILES string of the molecule is CC(C)C(=O)c1cnn2cc(Cc3ccccc3)ccc12. The van der Waals surface area contributed by atoms with Gasteiger partial charge in [0.1, 0.15) is 0 Å². The molecule has 0 saturated carbocycles. The van der Waals surface area contributed by atoms with Gasteiger partial charge in [-0.2, -0.15) is 5.10 Å². The Bertz CT molecular complexity index is 772. The monoisotopic (exact) mass is 278 g/mol. The number of nitrogens with zero attached hydrogens (tertiary/aromatic N) is 2. The van der Waals surface area contributed by atoms with E-state index in [0.717, 1.165) is 11.9 Å². The van der Waals surface area contributed by atoms with Gasteiger partial charge in [0.05, 0.1) is 17.3 Å². The van der Waals surface area contributed by atoms with E-state index in [9.17, 15) is 4.79 Å². The minimum Gasteiger partial charge on any atom is -0.294 e. The Morgan fingerprint density at radius 3 is 2.57 bits per heavy atom. The lowest BCUT2D eigenvalue weighted by Gasteiger charge is -2.05. The molecule has 3 nitrogen and oxygen atoms in total. The number of aromatic nitrogens is 2. The zero-order valence-electron chi connectivity index (χ0n) is 12.3. The van der Waals surface area contributed by atoms with Crippen LogP contribution in [0.25, 0.3) is 5.52 Å². The van der Waals surface area contributed by atoms with Gasteiger partial charge in [0.25, 0.3) is 0 Å². The Morgan fingerprint density at radius 1 is 1.10 bits per heavy atom. The molecular weight excluding hydrogens is 260 g/mol. The summed E-state index contributed by atoms with van der Waals surface area (Å²) >= 11 is 0. The van der Waals surface area contributed by atoms with E-state index in [1.807, 2.05) is 44.3 Å². The van der Waals surface area contributed by atoms with Crippen LogP contribution in [-0.4, -0.2) is 15.4 Å². The van der Waals surface area contributed by atoms with Gasteiger partial charge >= 0.3 is 0 Å². The Kier molecular flexibility index (Phi) is 3.57. The van der Waals surface area contributed by atoms with Crippen LogP contribution in [0.15, 0.2) is 54.9 Å². The van der Waals surface area contributed by atoms with Gasteiger partial charge in [-0.05, 0) is 23.6 Å². The average molecular weight is 278 g/mol. The van der Waals surface area contributed by atoms with Gasteiger partial charge < -0.3 is 0 Å². The van der Waals surface area contributed by atoms with Gasteiger partial charge in [0.2, 0.25) is 0 Å². The van der Waals surface area contributed by atoms with Crippen molar-refractivity contribution in [3.8, 4) is 0 Å². The first kappa shape index (κ1) is 13.6. The van der Waals surface area contributed by atoms with Crippen LogP contribution >= 0.6 is 0 Å². The molecule has 3 rings (SSSR count). The maximum Gasteiger partial charge on any atom is 0.169 e. The lowest BCUT2D eigenvalue weighted by Crippen LogP contribution is -2.06. The van der Waals surface area contributed by atoms with Gasteiger partial charge in [-0.25, -0.2) is 4.52 Å². The maximum atomic E-state index is 12.1. The third kappa shape index (κ3) is 2.72. The standard InChI is InChI=1S/C18H18N2O/c1-13(2)18(21)16-11-19-20-12-15(8-9-17(16)20)10-14-6-4-3-5-7-14/h3-9,11-13H,10H2,1-2H3. The van der Waals surface area contributed by atoms with Crippen molar-refractivity contribution in [3.63, 3.8) is 0 Å². The van der Waals surface area contributed by atoms with Crippen molar-refractivity contribution >= 4 is 11.3 Å². The van der Waals surface area contributed by atoms with Crippen LogP contribution in [0.4, 0.5) is 0 Å². The molecule has 106 valence electrons. The summed E-state index contributed by atoms with van der Waals surface area (Å²) in [6.07, 6.45) is 4.54. The minimum absolute atomic E-state index is 0.0120. The molecule has 0 aliphatic heterocycles. The number of hydrogen-bond donors (Lipinski definition) is 0. The number of carbonyl (C=O) groups excluding carboxylic acids is 1. The van der Waals surface area contributed by atoms with Crippen LogP contribution in [0.2, 0.25) is 0 Å². The first-order valence-electron chi connectivity index (χ1n) is 7.19. The summed E-state index contributed by atoms with van der Waals surface area (Å²) in [7, 11) is 0. The lowest BCUT2D eigenvalue weighted by molar-refractivity contribution is 0.0941. The van der Waals surface area contributed by atoms with Gasteiger partial charge in [-0.1, -0.05) is 50.2 Å². The van der Waals surface area contributed by atoms with E-state index in [1.54, 1.807) is 10.7 Å². The van der Waals surface area contributed by atoms with Crippen LogP contribution in [0, 0.1) is 5.92 Å². The molecule has 0 radical (unpaired) electrons. The largest absolute Gasteiger partial charge is 0.294 e. The fourth-order valence-electron chi connectivity index (χ4n) is 2.46. The third-order valence-corrected chi connectivity index (χ3v) is 3.62. The first-order valence-corrected chi connectivity index (χ1v) is 7.19. The molecule has 0 N–H and O–H groups in total. The Hall–Kier alpha value is -2.42. The molecule has 3 heteroatoms. The summed E-state index contributed by atoms with van der Waals surface area (Å²) in [5, 5.41) is 4.32. The fourth-order valence-corrected chi connectivity index (χ4v) is 2.46. The van der Waals surface area contributed by atoms with Crippen molar-refractivity contribution < 1.29 is 4.79 Å². The number of rotatable bonds is 4. The zero-order valence-corrected chi connectivity index (χ0v) is 12.3. The highest BCUT2D eigenvalue weighted by molar-refractivity contribution is 6.03. The maximum absolute atomic E-state index is 12.1. The second-order valence-electron chi connectivity index (χ2n) is 5.61. The average Bonchev–Trinajstić information content (AvgIpc) is 2.90. The molecule has 0 aliphatic carbocycles. The van der Waals surface area contributed by atoms with E-state index in [4.69, 9.17) is 0 Å². The number of pyridine rings is 1. The van der Waals surface area contributed by atoms with Crippen molar-refractivity contribution in [1.29, 1.82) is 0 Å². The molecule has 0 saturated heterocycles. The van der Waals surface area contributed by atoms with E-state index in [0.29, 0.717) is 5.56 Å². The quantitative estimate of drug-likeness (QED) is 0.681. The van der Waals surface area contributed by atoms with Crippen molar-refractivity contribution in [2.75, 3.05) is 0 Å². The highest BCUT2D eigenvalue weighted by Gasteiger charge is 2.15. The summed E-state index contributed by atoms with van der Waals surface area (Å²) < 4.78 is 1.80. The number of benzene rings is 1. The predicted molar refractivity (Wildman–Crippen MR) is 83.6 cm³/mol. The highest BCUT2D eigenvalue weighted by Crippen LogP contribution is 2.17. The molecule has 0 bridgehead atoms. The zero-order chi connectivity index (χ0) is 14.8. The minimum atomic E-state index is -0.0120. The second-order valence-corrected chi connectivity index (χ2v) is 5.61. The van der Waals surface area contributed by atoms with E-state index < -0.39 is 0 Å². The predicted octanol–water partition coefficient (Wildman–Crippen LogP) is 3.76. The van der Waals surface area contributed by atoms with Crippen molar-refractivity contribution in [2.24, 2.45) is 5.92 Å². The van der Waals surface area contributed by atoms with Crippen LogP contribution in [0.5, 0.6) is 0 Å². The van der Waals surface area contributed by atoms with Gasteiger partial charge in [-0.15, -0.1) is 0 Å². The Balaban J connectivity index is 1.93. The number of fused-ring (bicyclic) bond motifs is 1. The van der Waals surface area contributed by atoms with Gasteiger partial charge in [0.15, 0.2) is 5.78 Å². The number of hydrogen-bond acceptors (Lipinski definition) is 2. The fraction of sp³-hybridized carbons (Fsp3) is 0.222. The molecule has 2 heterocycles. The van der Waals surface area contributed by atoms with Crippen molar-refractivity contribution in [1.82, 2.24) is 9.61 Å². The van der Waals surface area contributed by atoms with Crippen LogP contribution in [0.3, 0.4) is 0 Å². The first-order chi connectivity index (χ1) is 10.1. The molecule has 1 aromatic carbocycles. The summed E-state index contributed by atoms with van der Waals surface area (Å²) in [5.41, 5.74) is 4.03. The topological polar surface area (TPSA) is 34.4 Å². The van der Waals surface area contributed by atoms with Crippen molar-refractivity contribution in [2.45, 2.75) is 20.3 Å². The van der Waals surface area contributed by atoms with Crippen LogP contribution < -0.4 is 0 Å². The van der Waals surface area contributed by atoms with Crippen molar-refractivity contribution in [3.05, 3.63) is 71.5 Å². The molecule has 0 unspecified atom stereocenters. The Morgan fingerprint density at radius 2 is 1.86 bits per heavy atom. The van der Waals surface area contributed by atoms with Gasteiger partial charge in [0, 0.05) is 12.1 Å². The van der Waals surface area contributed by atoms with E-state index in [2.05, 4.69) is 23.3 Å². The van der Waals surface area contributed by atoms with Gasteiger partial charge in [-0.3, -0.25) is 4.79 Å². The summed E-state index contributed by atoms with van der Waals surface area (Å²) in [4.78, 5) is 12.1. The van der Waals surface area contributed by atoms with Crippen LogP contribution in [-0.2, 0) is 6.42 Å². The summed E-state index contributed by atoms with van der Waals surface area (Å²) in [6.45, 7) is 3.82. The van der Waals surface area contributed by atoms with Crippen LogP contribution in [0.1, 0.15) is 35.3 Å². The second kappa shape index (κ2) is 5.52. The molecule has 2 aromatic heterocycles. The Labute approximate surface area is 124 Å². The molecule has 0 amide bonds. The van der Waals surface area contributed by atoms with E-state index in [1.165, 1.54) is 11.1 Å². The number of ketones is 1. The highest BCUT2D eigenvalue weighted by atomic mass is 16.1. The molecule has 21 heavy (non-hydrogen) atoms. The number of carbonyl (C=O) groups is 1. The summed E-state index contributed by atoms with van der Waals surface area (Å²) in [6, 6.07) is 14.4. The molecule has 3 aromatic rings. The number of Topliss-reactive ketones (excluding diaryl/α,β-unsaturated/α-hetero) is 1. The molecule has 0 fully saturated rings. The smallest absolute Gasteiger partial charge is 0.169 e. The molecular formula is C18H18N2O. The molecule has 0 atom stereocenters. The molecule has 0 spiro atoms. The lowest BCUT2D eigenvalue weighted by atomic mass is 10.0. The molecule has 0 aliphatic rings. The van der Waals surface area contributed by atoms with E-state index in [-0.39, 0.29) is 11.7 Å². The normalized spacial score (nSPS) is 11.2. The summed E-state index contributed by atoms with van der Waals surface area (Å²) in [5.74, 6) is 0.128. The van der Waals surface area contributed by atoms with E-state index >= 15 is 0 Å². The third-order valence-electron chi connectivity index (χ3n) is 3.62.